The molecular weight excluding hydrogens is 1340 g/mol. The highest BCUT2D eigenvalue weighted by Crippen LogP contribution is 2.27. The molecule has 5 saturated heterocycles. The SMILES string of the molecule is CC[C@H](C)[C@H](NC(=O)[C@@H]1CCCN1C(=O)CNC(=O)[C@@H](N)[C@@H](C)O)C(=O)NCC(=O)N1CCC[C@H]1C(=O)N1C[C@H](O)C[C@H]1C(=O)NCC(=O)N1CCC[C@H]1C(=O)N[C@@H](C)C(=O)NCC(=O)N[C@@H](C)C(=O)N1C[C@H](O)C[C@H]1C(=O)NCC(=O)N[C@@H](CC(=O)O)C(=O)N[C@@H](CC[C@@H](O)CN)C(=O)O. The molecule has 5 fully saturated rings. The lowest BCUT2D eigenvalue weighted by Gasteiger charge is -2.31. The van der Waals surface area contributed by atoms with Crippen LogP contribution in [-0.2, 0) is 81.5 Å². The number of nitrogens with one attached hydrogen (secondary N) is 10. The molecule has 101 heavy (non-hydrogen) atoms. The summed E-state index contributed by atoms with van der Waals surface area (Å²) in [7, 11) is 0. The zero-order valence-corrected chi connectivity index (χ0v) is 57.0. The van der Waals surface area contributed by atoms with Crippen LogP contribution in [0.25, 0.3) is 0 Å². The molecule has 564 valence electrons. The molecule has 40 nitrogen and oxygen atoms in total. The average molecular weight is 1440 g/mol. The van der Waals surface area contributed by atoms with Crippen molar-refractivity contribution < 1.29 is 112 Å². The van der Waals surface area contributed by atoms with E-state index in [1.54, 1.807) is 13.8 Å². The fourth-order valence-electron chi connectivity index (χ4n) is 12.3. The number of nitrogens with two attached hydrogens (primary N) is 2. The maximum absolute atomic E-state index is 14.2. The van der Waals surface area contributed by atoms with Crippen LogP contribution in [0.15, 0.2) is 0 Å². The molecule has 5 heterocycles. The van der Waals surface area contributed by atoms with Crippen molar-refractivity contribution in [1.82, 2.24) is 77.7 Å². The van der Waals surface area contributed by atoms with Crippen LogP contribution in [0.3, 0.4) is 0 Å². The molecule has 0 aromatic heterocycles. The molecule has 0 radical (unpaired) electrons. The highest BCUT2D eigenvalue weighted by Gasteiger charge is 2.47. The Labute approximate surface area is 580 Å². The number of aliphatic carboxylic acids is 2. The van der Waals surface area contributed by atoms with E-state index in [9.17, 15) is 112 Å². The predicted molar refractivity (Wildman–Crippen MR) is 346 cm³/mol. The van der Waals surface area contributed by atoms with Gasteiger partial charge in [0.25, 0.3) is 0 Å². The smallest absolute Gasteiger partial charge is 0.326 e. The van der Waals surface area contributed by atoms with Crippen LogP contribution in [0.2, 0.25) is 0 Å². The fourth-order valence-corrected chi connectivity index (χ4v) is 12.3. The first kappa shape index (κ1) is 82.4. The summed E-state index contributed by atoms with van der Waals surface area (Å²) in [6, 6.07) is -14.4. The lowest BCUT2D eigenvalue weighted by Crippen LogP contribution is -2.57. The first-order chi connectivity index (χ1) is 47.6. The van der Waals surface area contributed by atoms with E-state index in [0.29, 0.717) is 25.7 Å². The van der Waals surface area contributed by atoms with Crippen LogP contribution >= 0.6 is 0 Å². The van der Waals surface area contributed by atoms with Gasteiger partial charge in [-0.15, -0.1) is 0 Å². The summed E-state index contributed by atoms with van der Waals surface area (Å²) in [6.07, 6.45) is -4.47. The van der Waals surface area contributed by atoms with Gasteiger partial charge in [0.2, 0.25) is 88.6 Å². The molecule has 0 saturated carbocycles. The third-order valence-corrected chi connectivity index (χ3v) is 18.2. The normalized spacial score (nSPS) is 22.9. The van der Waals surface area contributed by atoms with E-state index in [2.05, 4.69) is 53.2 Å². The maximum Gasteiger partial charge on any atom is 0.326 e. The Morgan fingerprint density at radius 2 is 0.950 bits per heavy atom. The number of β-amino-alcohol motifs (C(OH)–C–C–N with tert-alkyl or cyclic N) is 2. The number of carbonyl (C=O) groups is 17. The van der Waals surface area contributed by atoms with Crippen molar-refractivity contribution in [3.05, 3.63) is 0 Å². The van der Waals surface area contributed by atoms with Crippen LogP contribution in [-0.4, -0.2) is 319 Å². The Hall–Kier alpha value is -9.25. The van der Waals surface area contributed by atoms with E-state index >= 15 is 0 Å². The number of amides is 15. The van der Waals surface area contributed by atoms with Gasteiger partial charge in [0.15, 0.2) is 0 Å². The van der Waals surface area contributed by atoms with Crippen molar-refractivity contribution in [2.45, 2.75) is 203 Å². The number of carboxylic acids is 2. The van der Waals surface area contributed by atoms with Crippen molar-refractivity contribution in [2.75, 3.05) is 72.0 Å². The minimum atomic E-state index is -1.82. The maximum atomic E-state index is 14.2. The number of hydrogen-bond donors (Lipinski definition) is 18. The second kappa shape index (κ2) is 38.5. The van der Waals surface area contributed by atoms with Crippen molar-refractivity contribution in [1.29, 1.82) is 0 Å². The zero-order chi connectivity index (χ0) is 75.3. The molecule has 16 atom stereocenters. The van der Waals surface area contributed by atoms with Crippen LogP contribution in [0.1, 0.15) is 112 Å². The van der Waals surface area contributed by atoms with Crippen molar-refractivity contribution in [2.24, 2.45) is 17.4 Å². The highest BCUT2D eigenvalue weighted by atomic mass is 16.4. The topological polar surface area (TPSA) is 600 Å². The number of likely N-dealkylation sites (tertiary alicyclic amines) is 5. The van der Waals surface area contributed by atoms with Crippen molar-refractivity contribution in [3.8, 4) is 0 Å². The lowest BCUT2D eigenvalue weighted by molar-refractivity contribution is -0.147. The molecule has 0 aliphatic carbocycles. The van der Waals surface area contributed by atoms with Crippen LogP contribution in [0.5, 0.6) is 0 Å². The van der Waals surface area contributed by atoms with Gasteiger partial charge in [-0.05, 0) is 78.1 Å². The number of aliphatic hydroxyl groups excluding tert-OH is 4. The van der Waals surface area contributed by atoms with E-state index in [4.69, 9.17) is 11.5 Å². The quantitative estimate of drug-likeness (QED) is 0.0280. The molecular formula is C61H97N17O23. The Morgan fingerprint density at radius 3 is 1.48 bits per heavy atom. The summed E-state index contributed by atoms with van der Waals surface area (Å²) in [5.74, 6) is -15.8. The van der Waals surface area contributed by atoms with Crippen molar-refractivity contribution >= 4 is 101 Å². The number of nitrogens with zero attached hydrogens (tertiary/aromatic N) is 5. The van der Waals surface area contributed by atoms with Gasteiger partial charge in [-0.1, -0.05) is 20.3 Å². The summed E-state index contributed by atoms with van der Waals surface area (Å²) in [5.41, 5.74) is 11.0. The van der Waals surface area contributed by atoms with Gasteiger partial charge in [-0.2, -0.15) is 0 Å². The summed E-state index contributed by atoms with van der Waals surface area (Å²) < 4.78 is 0. The highest BCUT2D eigenvalue weighted by molar-refractivity contribution is 6.00. The largest absolute Gasteiger partial charge is 0.481 e. The minimum Gasteiger partial charge on any atom is -0.481 e. The van der Waals surface area contributed by atoms with E-state index in [-0.39, 0.29) is 77.7 Å². The zero-order valence-electron chi connectivity index (χ0n) is 57.0. The molecule has 15 amide bonds. The average Bonchev–Trinajstić information content (AvgIpc) is 1.67. The standard InChI is InChI=1S/C61H97N17O23/c1-6-29(2)50(73-56(95)39-11-8-16-75(39)46(86)25-67-57(96)49(63)32(5)79)58(97)68-26-47(87)76-17-9-12-40(76)60(99)78-28-35(82)19-42(78)54(93)66-24-45(85)74-15-7-10-38(74)55(94)70-30(3)51(90)64-22-43(83)69-31(4)59(98)77-27-34(81)18-41(77)53(92)65-23-44(84)71-37(20-48(88)89)52(91)72-36(61(100)101)14-13-33(80)21-62/h29-42,49-50,79-82H,6-28,62-63H2,1-5H3,(H,64,90)(H,65,92)(H,66,93)(H,67,96)(H,68,97)(H,69,83)(H,70,94)(H,71,84)(H,72,91)(H,73,95)(H,88,89)(H,100,101)/t29-,30-,31-,32+,33+,34+,35+,36-,37-,38-,39-,40-,41-,42-,49-,50-/m0/s1. The molecule has 40 heteroatoms. The molecule has 5 aliphatic rings. The third-order valence-electron chi connectivity index (χ3n) is 18.2. The molecule has 0 unspecified atom stereocenters. The van der Waals surface area contributed by atoms with Gasteiger partial charge in [0, 0.05) is 52.1 Å². The lowest BCUT2D eigenvalue weighted by atomic mass is 9.97. The predicted octanol–water partition coefficient (Wildman–Crippen LogP) is -10.7. The van der Waals surface area contributed by atoms with E-state index in [1.165, 1.54) is 35.5 Å². The van der Waals surface area contributed by atoms with Crippen LogP contribution in [0, 0.1) is 5.92 Å². The Balaban J connectivity index is 1.05. The summed E-state index contributed by atoms with van der Waals surface area (Å²) in [5, 5.41) is 83.0. The monoisotopic (exact) mass is 1440 g/mol. The van der Waals surface area contributed by atoms with E-state index < -0.39 is 243 Å². The molecule has 0 aromatic rings. The molecule has 0 bridgehead atoms. The number of carboxylic acid groups (broad SMARTS) is 2. The van der Waals surface area contributed by atoms with Crippen molar-refractivity contribution in [3.63, 3.8) is 0 Å². The number of rotatable bonds is 35. The molecule has 0 spiro atoms. The second-order valence-corrected chi connectivity index (χ2v) is 25.9. The van der Waals surface area contributed by atoms with Gasteiger partial charge in [-0.25, -0.2) is 4.79 Å². The number of carbonyl (C=O) groups excluding carboxylic acids is 15. The first-order valence-corrected chi connectivity index (χ1v) is 33.6. The fraction of sp³-hybridized carbons (Fsp3) is 0.721. The van der Waals surface area contributed by atoms with Crippen LogP contribution < -0.4 is 64.6 Å². The second-order valence-electron chi connectivity index (χ2n) is 25.9. The Kier molecular flexibility index (Phi) is 31.4. The van der Waals surface area contributed by atoms with Gasteiger partial charge in [0.1, 0.15) is 66.5 Å². The molecule has 20 N–H and O–H groups in total. The molecule has 0 aromatic carbocycles. The van der Waals surface area contributed by atoms with Gasteiger partial charge < -0.3 is 120 Å². The van der Waals surface area contributed by atoms with Gasteiger partial charge in [-0.3, -0.25) is 76.7 Å². The van der Waals surface area contributed by atoms with E-state index in [1.807, 2.05) is 0 Å². The Morgan fingerprint density at radius 1 is 0.485 bits per heavy atom. The third kappa shape index (κ3) is 23.4. The minimum absolute atomic E-state index is 0.0750. The van der Waals surface area contributed by atoms with E-state index in [0.717, 1.165) is 9.80 Å². The molecule has 5 aliphatic heterocycles. The Bertz CT molecular complexity index is 3090. The summed E-state index contributed by atoms with van der Waals surface area (Å²) in [6.45, 7) is 3.49. The van der Waals surface area contributed by atoms with Crippen LogP contribution in [0.4, 0.5) is 0 Å². The molecule has 5 rings (SSSR count). The first-order valence-electron chi connectivity index (χ1n) is 33.6. The summed E-state index contributed by atoms with van der Waals surface area (Å²) in [4.78, 5) is 229. The van der Waals surface area contributed by atoms with Gasteiger partial charge >= 0.3 is 11.9 Å². The number of aliphatic hydroxyl groups is 4. The number of hydrogen-bond acceptors (Lipinski definition) is 23. The summed E-state index contributed by atoms with van der Waals surface area (Å²) >= 11 is 0. The van der Waals surface area contributed by atoms with Gasteiger partial charge in [0.05, 0.1) is 63.6 Å².